The molecule has 1 aliphatic rings. The molecule has 9 heteroatoms. The summed E-state index contributed by atoms with van der Waals surface area (Å²) in [4.78, 5) is 18.3. The molecule has 1 atom stereocenters. The molecule has 2 aromatic rings. The van der Waals surface area contributed by atoms with Gasteiger partial charge in [-0.25, -0.2) is 4.98 Å². The Bertz CT molecular complexity index is 827. The van der Waals surface area contributed by atoms with Gasteiger partial charge in [-0.2, -0.15) is 13.2 Å². The number of morpholine rings is 1. The van der Waals surface area contributed by atoms with E-state index in [1.54, 1.807) is 23.2 Å². The summed E-state index contributed by atoms with van der Waals surface area (Å²) in [6.45, 7) is 1.14. The number of carbonyl (C=O) groups is 1. The van der Waals surface area contributed by atoms with Crippen LogP contribution in [-0.4, -0.2) is 55.3 Å². The maximum atomic E-state index is 12.8. The molecule has 1 saturated heterocycles. The van der Waals surface area contributed by atoms with E-state index in [9.17, 15) is 18.0 Å². The second kappa shape index (κ2) is 9.13. The van der Waals surface area contributed by atoms with E-state index in [1.165, 1.54) is 19.2 Å². The Hall–Kier alpha value is -2.81. The number of pyridine rings is 1. The number of halogens is 3. The SMILES string of the molecule is COc1ccc(CC(=O)N2CCOC(COc3cccc(C(F)(F)F)c3)C2)cn1. The molecule has 3 rings (SSSR count). The molecule has 0 spiro atoms. The lowest BCUT2D eigenvalue weighted by molar-refractivity contribution is -0.139. The topological polar surface area (TPSA) is 60.9 Å². The van der Waals surface area contributed by atoms with Crippen molar-refractivity contribution in [3.63, 3.8) is 0 Å². The third-order valence-electron chi connectivity index (χ3n) is 4.45. The predicted molar refractivity (Wildman–Crippen MR) is 97.8 cm³/mol. The number of hydrogen-bond acceptors (Lipinski definition) is 5. The Kier molecular flexibility index (Phi) is 6.58. The molecule has 0 saturated carbocycles. The van der Waals surface area contributed by atoms with E-state index in [1.807, 2.05) is 0 Å². The van der Waals surface area contributed by atoms with Crippen molar-refractivity contribution in [2.45, 2.75) is 18.7 Å². The highest BCUT2D eigenvalue weighted by Gasteiger charge is 2.31. The fourth-order valence-electron chi connectivity index (χ4n) is 2.92. The summed E-state index contributed by atoms with van der Waals surface area (Å²) in [5, 5.41) is 0. The lowest BCUT2D eigenvalue weighted by Crippen LogP contribution is -2.48. The highest BCUT2D eigenvalue weighted by molar-refractivity contribution is 5.78. The molecule has 0 aliphatic carbocycles. The van der Waals surface area contributed by atoms with Gasteiger partial charge < -0.3 is 19.1 Å². The van der Waals surface area contributed by atoms with Gasteiger partial charge in [-0.3, -0.25) is 4.79 Å². The minimum absolute atomic E-state index is 0.0508. The highest BCUT2D eigenvalue weighted by Crippen LogP contribution is 2.31. The molecule has 1 amide bonds. The summed E-state index contributed by atoms with van der Waals surface area (Å²) in [5.74, 6) is 0.500. The maximum Gasteiger partial charge on any atom is 0.416 e. The van der Waals surface area contributed by atoms with Crippen LogP contribution in [0.5, 0.6) is 11.6 Å². The number of aromatic nitrogens is 1. The van der Waals surface area contributed by atoms with Crippen molar-refractivity contribution >= 4 is 5.91 Å². The van der Waals surface area contributed by atoms with E-state index in [-0.39, 0.29) is 24.7 Å². The number of ether oxygens (including phenoxy) is 3. The molecule has 1 fully saturated rings. The van der Waals surface area contributed by atoms with Gasteiger partial charge in [0.25, 0.3) is 0 Å². The van der Waals surface area contributed by atoms with Crippen molar-refractivity contribution in [3.05, 3.63) is 53.7 Å². The van der Waals surface area contributed by atoms with Crippen molar-refractivity contribution in [1.82, 2.24) is 9.88 Å². The van der Waals surface area contributed by atoms with Gasteiger partial charge in [0.05, 0.1) is 32.2 Å². The summed E-state index contributed by atoms with van der Waals surface area (Å²) in [6, 6.07) is 8.14. The van der Waals surface area contributed by atoms with Gasteiger partial charge in [0.2, 0.25) is 11.8 Å². The molecule has 1 unspecified atom stereocenters. The van der Waals surface area contributed by atoms with Crippen LogP contribution in [0.25, 0.3) is 0 Å². The van der Waals surface area contributed by atoms with E-state index in [4.69, 9.17) is 14.2 Å². The largest absolute Gasteiger partial charge is 0.491 e. The van der Waals surface area contributed by atoms with E-state index in [2.05, 4.69) is 4.98 Å². The molecule has 2 heterocycles. The standard InChI is InChI=1S/C20H21F3N2O4/c1-27-18-6-5-14(11-24-18)9-19(26)25-7-8-28-17(12-25)13-29-16-4-2-3-15(10-16)20(21,22)23/h2-6,10-11,17H,7-9,12-13H2,1H3. The number of alkyl halides is 3. The second-order valence-corrected chi connectivity index (χ2v) is 6.55. The first-order valence-electron chi connectivity index (χ1n) is 9.03. The predicted octanol–water partition coefficient (Wildman–Crippen LogP) is 2.96. The molecule has 0 N–H and O–H groups in total. The summed E-state index contributed by atoms with van der Waals surface area (Å²) in [7, 11) is 1.52. The monoisotopic (exact) mass is 410 g/mol. The molecule has 29 heavy (non-hydrogen) atoms. The lowest BCUT2D eigenvalue weighted by Gasteiger charge is -2.33. The highest BCUT2D eigenvalue weighted by atomic mass is 19.4. The van der Waals surface area contributed by atoms with Crippen LogP contribution >= 0.6 is 0 Å². The zero-order valence-corrected chi connectivity index (χ0v) is 15.8. The number of benzene rings is 1. The quantitative estimate of drug-likeness (QED) is 0.733. The molecule has 6 nitrogen and oxygen atoms in total. The minimum atomic E-state index is -4.43. The fourth-order valence-corrected chi connectivity index (χ4v) is 2.92. The molecule has 1 aromatic carbocycles. The molecule has 0 bridgehead atoms. The van der Waals surface area contributed by atoms with Crippen LogP contribution < -0.4 is 9.47 Å². The van der Waals surface area contributed by atoms with E-state index in [0.29, 0.717) is 25.6 Å². The second-order valence-electron chi connectivity index (χ2n) is 6.55. The Morgan fingerprint density at radius 2 is 2.14 bits per heavy atom. The maximum absolute atomic E-state index is 12.8. The molecule has 0 radical (unpaired) electrons. The van der Waals surface area contributed by atoms with Crippen LogP contribution in [0.1, 0.15) is 11.1 Å². The Morgan fingerprint density at radius 1 is 1.31 bits per heavy atom. The van der Waals surface area contributed by atoms with Crippen LogP contribution in [0.15, 0.2) is 42.6 Å². The molecular formula is C20H21F3N2O4. The van der Waals surface area contributed by atoms with E-state index in [0.717, 1.165) is 17.7 Å². The van der Waals surface area contributed by atoms with E-state index >= 15 is 0 Å². The number of nitrogens with zero attached hydrogens (tertiary/aromatic N) is 2. The molecule has 1 aromatic heterocycles. The average Bonchev–Trinajstić information content (AvgIpc) is 2.72. The lowest BCUT2D eigenvalue weighted by atomic mass is 10.1. The Balaban J connectivity index is 1.53. The van der Waals surface area contributed by atoms with Gasteiger partial charge in [-0.1, -0.05) is 12.1 Å². The summed E-state index contributed by atoms with van der Waals surface area (Å²) in [6.07, 6.45) is -3.07. The van der Waals surface area contributed by atoms with E-state index < -0.39 is 17.8 Å². The van der Waals surface area contributed by atoms with Gasteiger partial charge >= 0.3 is 6.18 Å². The van der Waals surface area contributed by atoms with Gasteiger partial charge in [-0.05, 0) is 23.8 Å². The third kappa shape index (κ3) is 5.83. The summed E-state index contributed by atoms with van der Waals surface area (Å²) >= 11 is 0. The van der Waals surface area contributed by atoms with Crippen LogP contribution in [0, 0.1) is 0 Å². The normalized spacial score (nSPS) is 17.1. The first-order valence-corrected chi connectivity index (χ1v) is 9.03. The smallest absolute Gasteiger partial charge is 0.416 e. The van der Waals surface area contributed by atoms with Crippen molar-refractivity contribution in [2.75, 3.05) is 33.4 Å². The van der Waals surface area contributed by atoms with Gasteiger partial charge in [-0.15, -0.1) is 0 Å². The van der Waals surface area contributed by atoms with Crippen molar-refractivity contribution in [3.8, 4) is 11.6 Å². The van der Waals surface area contributed by atoms with Crippen molar-refractivity contribution in [2.24, 2.45) is 0 Å². The van der Waals surface area contributed by atoms with Gasteiger partial charge in [0, 0.05) is 18.8 Å². The van der Waals surface area contributed by atoms with Crippen LogP contribution in [-0.2, 0) is 22.1 Å². The Labute approximate surface area is 166 Å². The Morgan fingerprint density at radius 3 is 2.83 bits per heavy atom. The van der Waals surface area contributed by atoms with Gasteiger partial charge in [0.1, 0.15) is 18.5 Å². The fraction of sp³-hybridized carbons (Fsp3) is 0.400. The number of methoxy groups -OCH3 is 1. The van der Waals surface area contributed by atoms with Gasteiger partial charge in [0.15, 0.2) is 0 Å². The van der Waals surface area contributed by atoms with Crippen molar-refractivity contribution in [1.29, 1.82) is 0 Å². The zero-order valence-electron chi connectivity index (χ0n) is 15.8. The number of carbonyl (C=O) groups excluding carboxylic acids is 1. The van der Waals surface area contributed by atoms with Crippen LogP contribution in [0.4, 0.5) is 13.2 Å². The summed E-state index contributed by atoms with van der Waals surface area (Å²) < 4.78 is 54.4. The first kappa shape index (κ1) is 20.9. The number of hydrogen-bond donors (Lipinski definition) is 0. The molecule has 156 valence electrons. The molecular weight excluding hydrogens is 389 g/mol. The van der Waals surface area contributed by atoms with Crippen LogP contribution in [0.2, 0.25) is 0 Å². The number of rotatable bonds is 6. The number of amides is 1. The average molecular weight is 410 g/mol. The first-order chi connectivity index (χ1) is 13.8. The van der Waals surface area contributed by atoms with Crippen LogP contribution in [0.3, 0.4) is 0 Å². The van der Waals surface area contributed by atoms with Crippen molar-refractivity contribution < 1.29 is 32.2 Å². The third-order valence-corrected chi connectivity index (χ3v) is 4.45. The molecule has 1 aliphatic heterocycles. The zero-order chi connectivity index (χ0) is 20.9. The summed E-state index contributed by atoms with van der Waals surface area (Å²) in [5.41, 5.74) is -0.0106. The minimum Gasteiger partial charge on any atom is -0.491 e.